The van der Waals surface area contributed by atoms with Gasteiger partial charge in [-0.15, -0.1) is 5.10 Å². The predicted molar refractivity (Wildman–Crippen MR) is 90.2 cm³/mol. The Morgan fingerprint density at radius 1 is 1.32 bits per heavy atom. The lowest BCUT2D eigenvalue weighted by molar-refractivity contribution is 0.371. The van der Waals surface area contributed by atoms with Crippen LogP contribution in [0, 0.1) is 0 Å². The molecule has 2 rings (SSSR count). The van der Waals surface area contributed by atoms with E-state index in [1.807, 2.05) is 37.3 Å². The van der Waals surface area contributed by atoms with Gasteiger partial charge in [0.2, 0.25) is 0 Å². The lowest BCUT2D eigenvalue weighted by Gasteiger charge is -2.14. The van der Waals surface area contributed by atoms with Gasteiger partial charge in [-0.25, -0.2) is 11.0 Å². The average Bonchev–Trinajstić information content (AvgIpc) is 2.95. The maximum absolute atomic E-state index is 6.00. The average molecular weight is 299 g/mol. The van der Waals surface area contributed by atoms with Gasteiger partial charge in [0, 0.05) is 24.0 Å². The molecule has 1 aromatic heterocycles. The molecule has 22 heavy (non-hydrogen) atoms. The molecule has 0 spiro atoms. The van der Waals surface area contributed by atoms with Crippen LogP contribution in [0.3, 0.4) is 0 Å². The van der Waals surface area contributed by atoms with Crippen molar-refractivity contribution < 1.29 is 4.74 Å². The number of hydrogen-bond acceptors (Lipinski definition) is 4. The van der Waals surface area contributed by atoms with E-state index in [0.717, 1.165) is 27.6 Å². The molecule has 0 unspecified atom stereocenters. The summed E-state index contributed by atoms with van der Waals surface area (Å²) in [5.74, 6) is 6.44. The zero-order chi connectivity index (χ0) is 16.3. The monoisotopic (exact) mass is 299 g/mol. The number of ether oxygens (including phenoxy) is 1. The Morgan fingerprint density at radius 3 is 2.59 bits per heavy atom. The van der Waals surface area contributed by atoms with Crippen molar-refractivity contribution >= 4 is 11.4 Å². The van der Waals surface area contributed by atoms with E-state index in [-0.39, 0.29) is 5.84 Å². The van der Waals surface area contributed by atoms with E-state index in [2.05, 4.69) is 16.7 Å². The number of nitrogens with two attached hydrogens (primary N) is 2. The Kier molecular flexibility index (Phi) is 4.53. The molecule has 0 aliphatic carbocycles. The van der Waals surface area contributed by atoms with E-state index in [1.54, 1.807) is 14.2 Å². The zero-order valence-corrected chi connectivity index (χ0v) is 13.1. The number of H-pyrrole nitrogens is 1. The highest BCUT2D eigenvalue weighted by Gasteiger charge is 2.15. The minimum absolute atomic E-state index is 0.287. The van der Waals surface area contributed by atoms with E-state index in [4.69, 9.17) is 16.3 Å². The molecule has 0 amide bonds. The third kappa shape index (κ3) is 3.12. The minimum Gasteiger partial charge on any atom is -0.495 e. The summed E-state index contributed by atoms with van der Waals surface area (Å²) in [5, 5.41) is 5.19. The number of para-hydroxylation sites is 1. The Balaban J connectivity index is 2.55. The second-order valence-electron chi connectivity index (χ2n) is 5.01. The van der Waals surface area contributed by atoms with Crippen LogP contribution < -0.4 is 16.3 Å². The van der Waals surface area contributed by atoms with E-state index >= 15 is 0 Å². The molecule has 1 aromatic carbocycles. The van der Waals surface area contributed by atoms with Crippen molar-refractivity contribution in [3.05, 3.63) is 48.2 Å². The molecule has 0 fully saturated rings. The lowest BCUT2D eigenvalue weighted by Crippen LogP contribution is -2.26. The van der Waals surface area contributed by atoms with Crippen molar-refractivity contribution in [3.8, 4) is 17.0 Å². The highest BCUT2D eigenvalue weighted by atomic mass is 16.5. The third-order valence-electron chi connectivity index (χ3n) is 3.20. The number of rotatable bonds is 5. The fraction of sp³-hybridized carbons (Fsp3) is 0.188. The van der Waals surface area contributed by atoms with Crippen molar-refractivity contribution in [3.63, 3.8) is 0 Å². The molecular weight excluding hydrogens is 278 g/mol. The van der Waals surface area contributed by atoms with Crippen molar-refractivity contribution in [1.82, 2.24) is 10.1 Å². The van der Waals surface area contributed by atoms with Gasteiger partial charge in [-0.05, 0) is 36.8 Å². The highest BCUT2D eigenvalue weighted by molar-refractivity contribution is 6.01. The molecule has 2 aromatic rings. The first-order valence-electron chi connectivity index (χ1n) is 6.79. The van der Waals surface area contributed by atoms with E-state index in [0.29, 0.717) is 11.3 Å². The summed E-state index contributed by atoms with van der Waals surface area (Å²) < 4.78 is 5.54. The van der Waals surface area contributed by atoms with Crippen LogP contribution in [0.2, 0.25) is 0 Å². The molecule has 0 atom stereocenters. The molecule has 5 N–H and O–H groups in total. The van der Waals surface area contributed by atoms with Crippen LogP contribution in [-0.4, -0.2) is 30.1 Å². The second kappa shape index (κ2) is 6.36. The molecule has 0 aliphatic rings. The molecule has 0 aliphatic heterocycles. The van der Waals surface area contributed by atoms with Crippen LogP contribution in [0.4, 0.5) is 0 Å². The van der Waals surface area contributed by atoms with Crippen molar-refractivity contribution in [2.75, 3.05) is 14.2 Å². The van der Waals surface area contributed by atoms with E-state index in [1.165, 1.54) is 0 Å². The zero-order valence-electron chi connectivity index (χ0n) is 13.1. The first kappa shape index (κ1) is 15.7. The minimum atomic E-state index is 0.287. The van der Waals surface area contributed by atoms with Crippen LogP contribution in [0.15, 0.2) is 42.0 Å². The molecule has 0 bridgehead atoms. The summed E-state index contributed by atoms with van der Waals surface area (Å²) in [4.78, 5) is 3.32. The fourth-order valence-electron chi connectivity index (χ4n) is 2.20. The van der Waals surface area contributed by atoms with E-state index in [9.17, 15) is 0 Å². The number of aromatic nitrogens is 1. The first-order chi connectivity index (χ1) is 10.4. The van der Waals surface area contributed by atoms with Gasteiger partial charge < -0.3 is 15.5 Å². The largest absolute Gasteiger partial charge is 0.495 e. The maximum atomic E-state index is 6.00. The normalized spacial score (nSPS) is 11.4. The van der Waals surface area contributed by atoms with Gasteiger partial charge in [-0.2, -0.15) is 0 Å². The van der Waals surface area contributed by atoms with Gasteiger partial charge in [0.05, 0.1) is 12.7 Å². The summed E-state index contributed by atoms with van der Waals surface area (Å²) in [7, 11) is 3.21. The summed E-state index contributed by atoms with van der Waals surface area (Å²) in [6, 6.07) is 9.65. The van der Waals surface area contributed by atoms with Crippen LogP contribution in [-0.2, 0) is 0 Å². The van der Waals surface area contributed by atoms with Crippen molar-refractivity contribution in [2.24, 2.45) is 16.7 Å². The standard InChI is InChI=1S/C16H21N5O/c1-10(2)13-8-9-14(19-13)11-6-5-7-12(15(11)22-4)16(17)20-21(3)18/h5-9,19H,1,18H2,2-4H3,(H2,17,20). The number of methoxy groups -OCH3 is 1. The highest BCUT2D eigenvalue weighted by Crippen LogP contribution is 2.33. The Morgan fingerprint density at radius 2 is 2.05 bits per heavy atom. The Labute approximate surface area is 130 Å². The quantitative estimate of drug-likeness (QED) is 0.341. The molecule has 0 saturated carbocycles. The van der Waals surface area contributed by atoms with Crippen molar-refractivity contribution in [1.29, 1.82) is 0 Å². The number of nitrogens with zero attached hydrogens (tertiary/aromatic N) is 2. The predicted octanol–water partition coefficient (Wildman–Crippen LogP) is 2.15. The number of amidine groups is 1. The van der Waals surface area contributed by atoms with Gasteiger partial charge >= 0.3 is 0 Å². The van der Waals surface area contributed by atoms with Gasteiger partial charge in [0.25, 0.3) is 0 Å². The smallest absolute Gasteiger partial charge is 0.156 e. The molecule has 6 heteroatoms. The van der Waals surface area contributed by atoms with Crippen LogP contribution in [0.25, 0.3) is 16.8 Å². The number of aromatic amines is 1. The van der Waals surface area contributed by atoms with E-state index < -0.39 is 0 Å². The lowest BCUT2D eigenvalue weighted by atomic mass is 10.1. The number of hydrazone groups is 1. The molecule has 116 valence electrons. The molecule has 1 heterocycles. The second-order valence-corrected chi connectivity index (χ2v) is 5.01. The van der Waals surface area contributed by atoms with Crippen molar-refractivity contribution in [2.45, 2.75) is 6.92 Å². The van der Waals surface area contributed by atoms with Crippen LogP contribution in [0.1, 0.15) is 18.2 Å². The topological polar surface area (TPSA) is 92.7 Å². The fourth-order valence-corrected chi connectivity index (χ4v) is 2.20. The molecular formula is C16H21N5O. The summed E-state index contributed by atoms with van der Waals surface area (Å²) in [6.45, 7) is 5.88. The summed E-state index contributed by atoms with van der Waals surface area (Å²) in [6.07, 6.45) is 0. The maximum Gasteiger partial charge on any atom is 0.156 e. The van der Waals surface area contributed by atoms with Gasteiger partial charge in [-0.1, -0.05) is 12.6 Å². The van der Waals surface area contributed by atoms with Gasteiger partial charge in [-0.3, -0.25) is 0 Å². The Hall–Kier alpha value is -2.73. The number of hydrazine groups is 1. The third-order valence-corrected chi connectivity index (χ3v) is 3.20. The van der Waals surface area contributed by atoms with Crippen LogP contribution >= 0.6 is 0 Å². The van der Waals surface area contributed by atoms with Gasteiger partial charge in [0.15, 0.2) is 5.84 Å². The molecule has 6 nitrogen and oxygen atoms in total. The Bertz CT molecular complexity index is 715. The first-order valence-corrected chi connectivity index (χ1v) is 6.79. The summed E-state index contributed by atoms with van der Waals surface area (Å²) >= 11 is 0. The number of nitrogens with one attached hydrogen (secondary N) is 1. The number of hydrogen-bond donors (Lipinski definition) is 3. The van der Waals surface area contributed by atoms with Crippen LogP contribution in [0.5, 0.6) is 5.75 Å². The van der Waals surface area contributed by atoms with Gasteiger partial charge in [0.1, 0.15) is 5.75 Å². The molecule has 0 radical (unpaired) electrons. The SMILES string of the molecule is C=C(C)c1ccc(-c2cccc(/C(N)=N/N(C)N)c2OC)[nH]1. The number of allylic oxidation sites excluding steroid dienone is 1. The molecule has 0 saturated heterocycles. The summed E-state index contributed by atoms with van der Waals surface area (Å²) in [5.41, 5.74) is 10.4. The number of benzene rings is 1.